The van der Waals surface area contributed by atoms with Crippen LogP contribution in [0.4, 0.5) is 0 Å². The highest BCUT2D eigenvalue weighted by molar-refractivity contribution is 5.50. The quantitative estimate of drug-likeness (QED) is 0.294. The van der Waals surface area contributed by atoms with E-state index in [4.69, 9.17) is 9.47 Å². The third kappa shape index (κ3) is 6.22. The van der Waals surface area contributed by atoms with Crippen LogP contribution in [0.25, 0.3) is 0 Å². The van der Waals surface area contributed by atoms with Crippen LogP contribution in [0.15, 0.2) is 72.8 Å². The molecule has 0 amide bonds. The average Bonchev–Trinajstić information content (AvgIpc) is 3.44. The monoisotopic (exact) mass is 485 g/mol. The number of ether oxygens (including phenoxy) is 2. The molecule has 36 heavy (non-hydrogen) atoms. The van der Waals surface area contributed by atoms with Gasteiger partial charge in [-0.15, -0.1) is 0 Å². The number of hydrogen-bond acceptors (Lipinski definition) is 4. The van der Waals surface area contributed by atoms with Crippen molar-refractivity contribution in [3.8, 4) is 17.2 Å². The Morgan fingerprint density at radius 1 is 0.806 bits per heavy atom. The van der Waals surface area contributed by atoms with Crippen molar-refractivity contribution >= 4 is 0 Å². The first-order valence-corrected chi connectivity index (χ1v) is 13.7. The van der Waals surface area contributed by atoms with E-state index in [1.165, 1.54) is 69.3 Å². The molecule has 0 saturated carbocycles. The topological polar surface area (TPSA) is 41.9 Å². The average molecular weight is 486 g/mol. The summed E-state index contributed by atoms with van der Waals surface area (Å²) in [5.41, 5.74) is 3.62. The molecule has 0 unspecified atom stereocenters. The summed E-state index contributed by atoms with van der Waals surface area (Å²) in [4.78, 5) is 2.61. The van der Waals surface area contributed by atoms with E-state index in [-0.39, 0.29) is 17.6 Å². The molecular weight excluding hydrogens is 446 g/mol. The van der Waals surface area contributed by atoms with Gasteiger partial charge in [0.05, 0.1) is 13.2 Å². The van der Waals surface area contributed by atoms with Crippen LogP contribution in [0.2, 0.25) is 0 Å². The zero-order chi connectivity index (χ0) is 24.6. The van der Waals surface area contributed by atoms with Crippen LogP contribution in [0.5, 0.6) is 17.2 Å². The molecule has 3 aromatic rings. The van der Waals surface area contributed by atoms with Crippen LogP contribution in [0.1, 0.15) is 73.5 Å². The second kappa shape index (κ2) is 12.3. The van der Waals surface area contributed by atoms with Gasteiger partial charge >= 0.3 is 0 Å². The highest BCUT2D eigenvalue weighted by atomic mass is 16.5. The van der Waals surface area contributed by atoms with Crippen molar-refractivity contribution in [1.82, 2.24) is 4.90 Å². The Labute approximate surface area is 215 Å². The molecule has 4 heteroatoms. The minimum atomic E-state index is 0.159. The summed E-state index contributed by atoms with van der Waals surface area (Å²) in [6, 6.07) is 24.6. The van der Waals surface area contributed by atoms with Crippen molar-refractivity contribution in [3.63, 3.8) is 0 Å². The molecule has 3 aromatic carbocycles. The Balaban J connectivity index is 1.15. The van der Waals surface area contributed by atoms with Gasteiger partial charge in [-0.25, -0.2) is 0 Å². The van der Waals surface area contributed by atoms with Crippen molar-refractivity contribution in [1.29, 1.82) is 0 Å². The largest absolute Gasteiger partial charge is 0.508 e. The third-order valence-corrected chi connectivity index (χ3v) is 7.71. The van der Waals surface area contributed by atoms with E-state index in [0.717, 1.165) is 30.1 Å². The van der Waals surface area contributed by atoms with Gasteiger partial charge in [-0.2, -0.15) is 0 Å². The molecule has 1 saturated heterocycles. The smallest absolute Gasteiger partial charge is 0.126 e. The van der Waals surface area contributed by atoms with Gasteiger partial charge in [-0.05, 0) is 74.6 Å². The minimum absolute atomic E-state index is 0.159. The summed E-state index contributed by atoms with van der Waals surface area (Å²) in [6.07, 6.45) is 9.09. The first-order valence-electron chi connectivity index (χ1n) is 13.7. The molecule has 190 valence electrons. The summed E-state index contributed by atoms with van der Waals surface area (Å²) in [6.45, 7) is 5.26. The summed E-state index contributed by atoms with van der Waals surface area (Å²) >= 11 is 0. The highest BCUT2D eigenvalue weighted by Gasteiger charge is 2.33. The zero-order valence-electron chi connectivity index (χ0n) is 21.3. The molecular formula is C32H39NO3. The van der Waals surface area contributed by atoms with Crippen molar-refractivity contribution < 1.29 is 14.6 Å². The third-order valence-electron chi connectivity index (χ3n) is 7.71. The summed E-state index contributed by atoms with van der Waals surface area (Å²) in [5, 5.41) is 9.97. The van der Waals surface area contributed by atoms with Gasteiger partial charge in [-0.3, -0.25) is 0 Å². The van der Waals surface area contributed by atoms with Crippen molar-refractivity contribution in [3.05, 3.63) is 89.5 Å². The zero-order valence-corrected chi connectivity index (χ0v) is 21.3. The SMILES string of the molecule is Oc1ccc2c(c1)OC[C@@H](c1ccccc1)[C@@H]2c1ccc(OCCCCCCCN2CCCC2)cc1. The molecule has 0 aromatic heterocycles. The van der Waals surface area contributed by atoms with Gasteiger partial charge in [0.2, 0.25) is 0 Å². The number of phenolic OH excluding ortho intramolecular Hbond substituents is 1. The van der Waals surface area contributed by atoms with E-state index < -0.39 is 0 Å². The highest BCUT2D eigenvalue weighted by Crippen LogP contribution is 2.47. The number of fused-ring (bicyclic) bond motifs is 1. The Hall–Kier alpha value is -2.98. The van der Waals surface area contributed by atoms with E-state index in [2.05, 4.69) is 59.5 Å². The van der Waals surface area contributed by atoms with Gasteiger partial charge < -0.3 is 19.5 Å². The molecule has 0 spiro atoms. The number of benzene rings is 3. The fourth-order valence-electron chi connectivity index (χ4n) is 5.73. The van der Waals surface area contributed by atoms with Crippen molar-refractivity contribution in [2.45, 2.75) is 56.8 Å². The fraction of sp³-hybridized carbons (Fsp3) is 0.438. The maximum absolute atomic E-state index is 9.97. The first kappa shape index (κ1) is 24.7. The predicted molar refractivity (Wildman–Crippen MR) is 145 cm³/mol. The Kier molecular flexibility index (Phi) is 8.45. The van der Waals surface area contributed by atoms with Gasteiger partial charge in [0.25, 0.3) is 0 Å². The molecule has 1 fully saturated rings. The second-order valence-corrected chi connectivity index (χ2v) is 10.3. The van der Waals surface area contributed by atoms with Crippen LogP contribution < -0.4 is 9.47 Å². The second-order valence-electron chi connectivity index (χ2n) is 10.3. The number of nitrogens with zero attached hydrogens (tertiary/aromatic N) is 1. The van der Waals surface area contributed by atoms with E-state index in [0.29, 0.717) is 6.61 Å². The number of aromatic hydroxyl groups is 1. The Morgan fingerprint density at radius 2 is 1.56 bits per heavy atom. The maximum Gasteiger partial charge on any atom is 0.126 e. The lowest BCUT2D eigenvalue weighted by Crippen LogP contribution is -2.25. The first-order chi connectivity index (χ1) is 17.8. The number of phenols is 1. The van der Waals surface area contributed by atoms with Crippen LogP contribution in [0, 0.1) is 0 Å². The number of rotatable bonds is 11. The Morgan fingerprint density at radius 3 is 2.36 bits per heavy atom. The molecule has 4 nitrogen and oxygen atoms in total. The minimum Gasteiger partial charge on any atom is -0.508 e. The van der Waals surface area contributed by atoms with Crippen LogP contribution >= 0.6 is 0 Å². The van der Waals surface area contributed by atoms with Crippen LogP contribution in [-0.2, 0) is 0 Å². The summed E-state index contributed by atoms with van der Waals surface area (Å²) < 4.78 is 12.2. The predicted octanol–water partition coefficient (Wildman–Crippen LogP) is 7.13. The molecule has 0 bridgehead atoms. The summed E-state index contributed by atoms with van der Waals surface area (Å²) in [5.74, 6) is 2.31. The molecule has 0 radical (unpaired) electrons. The van der Waals surface area contributed by atoms with Gasteiger partial charge in [-0.1, -0.05) is 67.8 Å². The molecule has 5 rings (SSSR count). The number of hydrogen-bond donors (Lipinski definition) is 1. The van der Waals surface area contributed by atoms with Gasteiger partial charge in [0.1, 0.15) is 17.2 Å². The molecule has 2 aliphatic rings. The molecule has 2 heterocycles. The fourth-order valence-corrected chi connectivity index (χ4v) is 5.73. The van der Waals surface area contributed by atoms with E-state index in [9.17, 15) is 5.11 Å². The maximum atomic E-state index is 9.97. The molecule has 2 atom stereocenters. The molecule has 2 aliphatic heterocycles. The van der Waals surface area contributed by atoms with E-state index in [1.54, 1.807) is 12.1 Å². The van der Waals surface area contributed by atoms with Gasteiger partial charge in [0, 0.05) is 23.5 Å². The Bertz CT molecular complexity index is 1080. The lowest BCUT2D eigenvalue weighted by Gasteiger charge is -2.34. The standard InChI is InChI=1S/C32H39NO3/c34-27-15-18-29-31(23-27)36-24-30(25-11-5-4-6-12-25)32(29)26-13-16-28(17-14-26)35-22-10-3-1-2-7-19-33-20-8-9-21-33/h4-6,11-18,23,30,32,34H,1-3,7-10,19-22,24H2/t30-,32+/m0/s1. The van der Waals surface area contributed by atoms with E-state index in [1.807, 2.05) is 6.07 Å². The summed E-state index contributed by atoms with van der Waals surface area (Å²) in [7, 11) is 0. The van der Waals surface area contributed by atoms with Crippen LogP contribution in [-0.4, -0.2) is 42.9 Å². The number of likely N-dealkylation sites (tertiary alicyclic amines) is 1. The van der Waals surface area contributed by atoms with Crippen LogP contribution in [0.3, 0.4) is 0 Å². The lowest BCUT2D eigenvalue weighted by molar-refractivity contribution is 0.247. The molecule has 0 aliphatic carbocycles. The van der Waals surface area contributed by atoms with Crippen molar-refractivity contribution in [2.24, 2.45) is 0 Å². The van der Waals surface area contributed by atoms with Crippen molar-refractivity contribution in [2.75, 3.05) is 32.8 Å². The van der Waals surface area contributed by atoms with E-state index >= 15 is 0 Å². The lowest BCUT2D eigenvalue weighted by atomic mass is 9.76. The number of unbranched alkanes of at least 4 members (excludes halogenated alkanes) is 4. The van der Waals surface area contributed by atoms with Gasteiger partial charge in [0.15, 0.2) is 0 Å². The normalized spacial score (nSPS) is 19.6. The molecule has 1 N–H and O–H groups in total.